The van der Waals surface area contributed by atoms with E-state index < -0.39 is 6.10 Å². The van der Waals surface area contributed by atoms with E-state index in [0.29, 0.717) is 18.3 Å². The largest absolute Gasteiger partial charge is 0.387 e. The fraction of sp³-hybridized carbons (Fsp3) is 0.259. The molecule has 2 aromatic carbocycles. The van der Waals surface area contributed by atoms with Gasteiger partial charge in [-0.3, -0.25) is 0 Å². The smallest absolute Gasteiger partial charge is 0.225 e. The lowest BCUT2D eigenvalue weighted by atomic mass is 9.86. The third kappa shape index (κ3) is 6.06. The number of hydrogen-bond donors (Lipinski definition) is 3. The molecule has 170 valence electrons. The van der Waals surface area contributed by atoms with Gasteiger partial charge in [0, 0.05) is 19.3 Å². The summed E-state index contributed by atoms with van der Waals surface area (Å²) in [5, 5.41) is 17.2. The standard InChI is InChI=1S/C27H31N5O/c1-32(2)20-27(16-13-22(14-17-27)21-9-5-3-6-10-21)31-26-28-18-15-25(30-26)29-19-24(33)23-11-7-4-8-12-23/h3-16,18,24,33H,17,19-20H2,1-2H3,(H2,28,29,30,31). The minimum atomic E-state index is -0.611. The van der Waals surface area contributed by atoms with E-state index in [1.165, 1.54) is 11.1 Å². The lowest BCUT2D eigenvalue weighted by Crippen LogP contribution is -2.46. The van der Waals surface area contributed by atoms with Gasteiger partial charge < -0.3 is 20.6 Å². The Bertz CT molecular complexity index is 1100. The zero-order valence-electron chi connectivity index (χ0n) is 19.1. The maximum Gasteiger partial charge on any atom is 0.225 e. The Balaban J connectivity index is 1.45. The summed E-state index contributed by atoms with van der Waals surface area (Å²) < 4.78 is 0. The lowest BCUT2D eigenvalue weighted by molar-refractivity contribution is 0.191. The molecule has 1 aromatic heterocycles. The normalized spacial score (nSPS) is 18.6. The molecule has 0 bridgehead atoms. The van der Waals surface area contributed by atoms with Crippen molar-refractivity contribution >= 4 is 17.3 Å². The van der Waals surface area contributed by atoms with Gasteiger partial charge in [-0.2, -0.15) is 4.98 Å². The van der Waals surface area contributed by atoms with Crippen LogP contribution in [-0.4, -0.2) is 52.7 Å². The van der Waals surface area contributed by atoms with Crippen molar-refractivity contribution in [1.29, 1.82) is 0 Å². The second-order valence-electron chi connectivity index (χ2n) is 8.65. The summed E-state index contributed by atoms with van der Waals surface area (Å²) in [5.74, 6) is 1.22. The second kappa shape index (κ2) is 10.4. The van der Waals surface area contributed by atoms with Crippen molar-refractivity contribution < 1.29 is 5.11 Å². The summed E-state index contributed by atoms with van der Waals surface area (Å²) in [6.45, 7) is 1.17. The fourth-order valence-electron chi connectivity index (χ4n) is 4.07. The summed E-state index contributed by atoms with van der Waals surface area (Å²) in [6, 6.07) is 21.8. The molecule has 0 amide bonds. The Morgan fingerprint density at radius 3 is 2.42 bits per heavy atom. The molecule has 0 fully saturated rings. The quantitative estimate of drug-likeness (QED) is 0.458. The van der Waals surface area contributed by atoms with Crippen LogP contribution in [0.4, 0.5) is 11.8 Å². The first-order valence-electron chi connectivity index (χ1n) is 11.2. The van der Waals surface area contributed by atoms with E-state index in [0.717, 1.165) is 18.5 Å². The van der Waals surface area contributed by atoms with Crippen LogP contribution in [0, 0.1) is 0 Å². The third-order valence-corrected chi connectivity index (χ3v) is 5.65. The first-order chi connectivity index (χ1) is 16.0. The molecule has 1 heterocycles. The molecule has 0 saturated carbocycles. The van der Waals surface area contributed by atoms with Crippen molar-refractivity contribution in [1.82, 2.24) is 14.9 Å². The summed E-state index contributed by atoms with van der Waals surface area (Å²) in [6.07, 6.45) is 8.60. The van der Waals surface area contributed by atoms with Gasteiger partial charge in [0.05, 0.1) is 11.6 Å². The van der Waals surface area contributed by atoms with Gasteiger partial charge in [0.15, 0.2) is 0 Å². The molecule has 1 aliphatic carbocycles. The molecule has 6 heteroatoms. The molecule has 3 aromatic rings. The fourth-order valence-corrected chi connectivity index (χ4v) is 4.07. The molecule has 4 rings (SSSR count). The second-order valence-corrected chi connectivity index (χ2v) is 8.65. The average Bonchev–Trinajstić information content (AvgIpc) is 2.84. The number of benzene rings is 2. The van der Waals surface area contributed by atoms with Crippen LogP contribution >= 0.6 is 0 Å². The monoisotopic (exact) mass is 441 g/mol. The molecule has 0 saturated heterocycles. The Labute approximate surface area is 195 Å². The predicted octanol–water partition coefficient (Wildman–Crippen LogP) is 4.38. The van der Waals surface area contributed by atoms with Crippen molar-refractivity contribution in [3.63, 3.8) is 0 Å². The molecule has 6 nitrogen and oxygen atoms in total. The zero-order valence-corrected chi connectivity index (χ0v) is 19.1. The molecular formula is C27H31N5O. The van der Waals surface area contributed by atoms with Gasteiger partial charge in [-0.05, 0) is 43.3 Å². The van der Waals surface area contributed by atoms with Crippen molar-refractivity contribution in [3.8, 4) is 0 Å². The van der Waals surface area contributed by atoms with Crippen LogP contribution in [0.15, 0.2) is 91.2 Å². The van der Waals surface area contributed by atoms with Crippen LogP contribution < -0.4 is 10.6 Å². The van der Waals surface area contributed by atoms with Crippen LogP contribution in [0.25, 0.3) is 5.57 Å². The van der Waals surface area contributed by atoms with Crippen LogP contribution in [0.2, 0.25) is 0 Å². The number of aliphatic hydroxyl groups excluding tert-OH is 1. The van der Waals surface area contributed by atoms with Crippen LogP contribution in [-0.2, 0) is 0 Å². The number of rotatable bonds is 9. The maximum absolute atomic E-state index is 10.4. The van der Waals surface area contributed by atoms with Gasteiger partial charge in [-0.15, -0.1) is 0 Å². The Hall–Kier alpha value is -3.48. The van der Waals surface area contributed by atoms with E-state index in [2.05, 4.69) is 82.1 Å². The number of nitrogens with one attached hydrogen (secondary N) is 2. The minimum Gasteiger partial charge on any atom is -0.387 e. The van der Waals surface area contributed by atoms with Gasteiger partial charge >= 0.3 is 0 Å². The summed E-state index contributed by atoms with van der Waals surface area (Å²) >= 11 is 0. The molecular weight excluding hydrogens is 410 g/mol. The molecule has 0 aliphatic heterocycles. The van der Waals surface area contributed by atoms with E-state index in [1.807, 2.05) is 42.5 Å². The first kappa shape index (κ1) is 22.7. The van der Waals surface area contributed by atoms with Crippen LogP contribution in [0.1, 0.15) is 23.7 Å². The SMILES string of the molecule is CN(C)CC1(Nc2nccc(NCC(O)c3ccccc3)n2)C=CC(c2ccccc2)=CC1. The van der Waals surface area contributed by atoms with E-state index in [4.69, 9.17) is 0 Å². The summed E-state index contributed by atoms with van der Waals surface area (Å²) in [4.78, 5) is 11.3. The van der Waals surface area contributed by atoms with Crippen molar-refractivity contribution in [2.75, 3.05) is 37.8 Å². The van der Waals surface area contributed by atoms with Gasteiger partial charge in [0.25, 0.3) is 0 Å². The summed E-state index contributed by atoms with van der Waals surface area (Å²) in [7, 11) is 4.13. The number of aromatic nitrogens is 2. The van der Waals surface area contributed by atoms with E-state index in [9.17, 15) is 5.11 Å². The van der Waals surface area contributed by atoms with Crippen molar-refractivity contribution in [2.24, 2.45) is 0 Å². The number of aliphatic hydroxyl groups is 1. The van der Waals surface area contributed by atoms with Crippen LogP contribution in [0.3, 0.4) is 0 Å². The molecule has 1 aliphatic rings. The van der Waals surface area contributed by atoms with Crippen molar-refractivity contribution in [3.05, 3.63) is 102 Å². The maximum atomic E-state index is 10.4. The highest BCUT2D eigenvalue weighted by Crippen LogP contribution is 2.30. The molecule has 2 atom stereocenters. The highest BCUT2D eigenvalue weighted by Gasteiger charge is 2.30. The Morgan fingerprint density at radius 2 is 1.76 bits per heavy atom. The molecule has 0 radical (unpaired) electrons. The molecule has 33 heavy (non-hydrogen) atoms. The highest BCUT2D eigenvalue weighted by atomic mass is 16.3. The minimum absolute atomic E-state index is 0.316. The number of anilines is 2. The number of likely N-dealkylation sites (N-methyl/N-ethyl adjacent to an activating group) is 1. The molecule has 0 spiro atoms. The number of hydrogen-bond acceptors (Lipinski definition) is 6. The van der Waals surface area contributed by atoms with Gasteiger partial charge in [-0.25, -0.2) is 4.98 Å². The first-order valence-corrected chi connectivity index (χ1v) is 11.2. The van der Waals surface area contributed by atoms with Gasteiger partial charge in [0.2, 0.25) is 5.95 Å². The molecule has 3 N–H and O–H groups in total. The van der Waals surface area contributed by atoms with Gasteiger partial charge in [-0.1, -0.05) is 78.9 Å². The van der Waals surface area contributed by atoms with E-state index in [1.54, 1.807) is 6.20 Å². The third-order valence-electron chi connectivity index (χ3n) is 5.65. The Morgan fingerprint density at radius 1 is 1.03 bits per heavy atom. The number of nitrogens with zero attached hydrogens (tertiary/aromatic N) is 3. The van der Waals surface area contributed by atoms with Crippen molar-refractivity contribution in [2.45, 2.75) is 18.1 Å². The number of allylic oxidation sites excluding steroid dienone is 2. The van der Waals surface area contributed by atoms with E-state index >= 15 is 0 Å². The highest BCUT2D eigenvalue weighted by molar-refractivity contribution is 5.76. The van der Waals surface area contributed by atoms with Crippen LogP contribution in [0.5, 0.6) is 0 Å². The molecule has 2 unspecified atom stereocenters. The lowest BCUT2D eigenvalue weighted by Gasteiger charge is -2.36. The van der Waals surface area contributed by atoms with E-state index in [-0.39, 0.29) is 5.54 Å². The average molecular weight is 442 g/mol. The summed E-state index contributed by atoms with van der Waals surface area (Å²) in [5.41, 5.74) is 2.99. The predicted molar refractivity (Wildman–Crippen MR) is 135 cm³/mol. The van der Waals surface area contributed by atoms with Gasteiger partial charge in [0.1, 0.15) is 5.82 Å². The zero-order chi connectivity index (χ0) is 23.1. The topological polar surface area (TPSA) is 73.3 Å². The Kier molecular flexibility index (Phi) is 7.17.